The summed E-state index contributed by atoms with van der Waals surface area (Å²) in [6.45, 7) is 10.6. The van der Waals surface area contributed by atoms with Crippen molar-refractivity contribution >= 4 is 17.7 Å². The van der Waals surface area contributed by atoms with Crippen molar-refractivity contribution in [1.29, 1.82) is 0 Å². The number of hydrogen-bond donors (Lipinski definition) is 1. The van der Waals surface area contributed by atoms with E-state index < -0.39 is 0 Å². The molecule has 1 atom stereocenters. The molecule has 0 aliphatic rings. The second kappa shape index (κ2) is 8.99. The molecule has 0 fully saturated rings. The third-order valence-corrected chi connectivity index (χ3v) is 5.01. The number of rotatable bonds is 8. The summed E-state index contributed by atoms with van der Waals surface area (Å²) in [4.78, 5) is 12.1. The third-order valence-electron chi connectivity index (χ3n) is 4.09. The van der Waals surface area contributed by atoms with Crippen LogP contribution in [0.4, 0.5) is 0 Å². The lowest BCUT2D eigenvalue weighted by Crippen LogP contribution is -2.34. The van der Waals surface area contributed by atoms with Crippen molar-refractivity contribution in [1.82, 2.24) is 25.5 Å². The van der Waals surface area contributed by atoms with Crippen molar-refractivity contribution in [3.8, 4) is 5.69 Å². The standard InChI is InChI=1S/C18H27N5OS/c1-12(2)6-8-15(5)19-17(24)11-25-18-20-21-22-23(18)16-9-7-13(3)14(4)10-16/h7,9-10,12,15H,6,8,11H2,1-5H3,(H,19,24)/t15-/m1/s1. The van der Waals surface area contributed by atoms with Crippen molar-refractivity contribution in [2.24, 2.45) is 5.92 Å². The minimum Gasteiger partial charge on any atom is -0.353 e. The van der Waals surface area contributed by atoms with E-state index in [9.17, 15) is 4.79 Å². The molecule has 1 heterocycles. The Bertz CT molecular complexity index is 713. The molecule has 1 aromatic heterocycles. The van der Waals surface area contributed by atoms with Crippen LogP contribution < -0.4 is 5.32 Å². The van der Waals surface area contributed by atoms with Gasteiger partial charge < -0.3 is 5.32 Å². The molecule has 25 heavy (non-hydrogen) atoms. The molecule has 136 valence electrons. The number of nitrogens with zero attached hydrogens (tertiary/aromatic N) is 4. The molecule has 0 spiro atoms. The summed E-state index contributed by atoms with van der Waals surface area (Å²) in [5.41, 5.74) is 3.31. The van der Waals surface area contributed by atoms with Gasteiger partial charge in [0.05, 0.1) is 11.4 Å². The Morgan fingerprint density at radius 2 is 1.96 bits per heavy atom. The zero-order valence-corrected chi connectivity index (χ0v) is 16.4. The number of carbonyl (C=O) groups is 1. The van der Waals surface area contributed by atoms with E-state index in [0.717, 1.165) is 18.5 Å². The summed E-state index contributed by atoms with van der Waals surface area (Å²) in [6.07, 6.45) is 2.11. The second-order valence-electron chi connectivity index (χ2n) is 6.87. The monoisotopic (exact) mass is 361 g/mol. The van der Waals surface area contributed by atoms with Gasteiger partial charge in [-0.2, -0.15) is 4.68 Å². The molecule has 2 rings (SSSR count). The van der Waals surface area contributed by atoms with Gasteiger partial charge in [-0.3, -0.25) is 4.79 Å². The van der Waals surface area contributed by atoms with Crippen LogP contribution in [0.2, 0.25) is 0 Å². The number of amides is 1. The van der Waals surface area contributed by atoms with Crippen molar-refractivity contribution in [3.63, 3.8) is 0 Å². The first-order valence-corrected chi connectivity index (χ1v) is 9.63. The molecule has 0 saturated heterocycles. The number of benzene rings is 1. The van der Waals surface area contributed by atoms with Crippen LogP contribution in [0.15, 0.2) is 23.4 Å². The highest BCUT2D eigenvalue weighted by molar-refractivity contribution is 7.99. The lowest BCUT2D eigenvalue weighted by Gasteiger charge is -2.14. The van der Waals surface area contributed by atoms with Crippen LogP contribution in [-0.4, -0.2) is 37.9 Å². The Hall–Kier alpha value is -1.89. The molecule has 1 N–H and O–H groups in total. The quantitative estimate of drug-likeness (QED) is 0.730. The average Bonchev–Trinajstić information content (AvgIpc) is 3.02. The van der Waals surface area contributed by atoms with Crippen molar-refractivity contribution < 1.29 is 4.79 Å². The van der Waals surface area contributed by atoms with Crippen LogP contribution in [0.25, 0.3) is 5.69 Å². The average molecular weight is 362 g/mol. The normalized spacial score (nSPS) is 12.4. The summed E-state index contributed by atoms with van der Waals surface area (Å²) < 4.78 is 1.67. The van der Waals surface area contributed by atoms with Crippen LogP contribution in [-0.2, 0) is 4.79 Å². The number of thioether (sulfide) groups is 1. The Kier molecular flexibility index (Phi) is 6.99. The Balaban J connectivity index is 1.92. The van der Waals surface area contributed by atoms with Crippen LogP contribution in [0, 0.1) is 19.8 Å². The molecular formula is C18H27N5OS. The maximum atomic E-state index is 12.1. The lowest BCUT2D eigenvalue weighted by atomic mass is 10.0. The molecular weight excluding hydrogens is 334 g/mol. The predicted octanol–water partition coefficient (Wildman–Crippen LogP) is 3.31. The van der Waals surface area contributed by atoms with E-state index in [-0.39, 0.29) is 11.9 Å². The topological polar surface area (TPSA) is 72.7 Å². The van der Waals surface area contributed by atoms with Crippen molar-refractivity contribution in [2.75, 3.05) is 5.75 Å². The van der Waals surface area contributed by atoms with Crippen LogP contribution in [0.5, 0.6) is 0 Å². The largest absolute Gasteiger partial charge is 0.353 e. The molecule has 0 bridgehead atoms. The molecule has 0 radical (unpaired) electrons. The fourth-order valence-electron chi connectivity index (χ4n) is 2.39. The van der Waals surface area contributed by atoms with Gasteiger partial charge in [-0.1, -0.05) is 31.7 Å². The van der Waals surface area contributed by atoms with E-state index in [0.29, 0.717) is 16.8 Å². The van der Waals surface area contributed by atoms with Gasteiger partial charge in [-0.25, -0.2) is 0 Å². The fraction of sp³-hybridized carbons (Fsp3) is 0.556. The Morgan fingerprint density at radius 3 is 2.64 bits per heavy atom. The van der Waals surface area contributed by atoms with Gasteiger partial charge in [0.2, 0.25) is 11.1 Å². The number of aromatic nitrogens is 4. The molecule has 6 nitrogen and oxygen atoms in total. The summed E-state index contributed by atoms with van der Waals surface area (Å²) in [6, 6.07) is 6.26. The van der Waals surface area contributed by atoms with E-state index >= 15 is 0 Å². The summed E-state index contributed by atoms with van der Waals surface area (Å²) in [5, 5.41) is 15.5. The Labute approximate surface area is 153 Å². The van der Waals surface area contributed by atoms with Gasteiger partial charge in [-0.15, -0.1) is 5.10 Å². The summed E-state index contributed by atoms with van der Waals surface area (Å²) in [7, 11) is 0. The zero-order valence-electron chi connectivity index (χ0n) is 15.6. The molecule has 1 amide bonds. The molecule has 0 saturated carbocycles. The molecule has 0 aliphatic carbocycles. The first kappa shape index (κ1) is 19.4. The second-order valence-corrected chi connectivity index (χ2v) is 7.81. The fourth-order valence-corrected chi connectivity index (χ4v) is 3.09. The minimum atomic E-state index is 0.0101. The summed E-state index contributed by atoms with van der Waals surface area (Å²) >= 11 is 1.35. The van der Waals surface area contributed by atoms with Gasteiger partial charge in [0.25, 0.3) is 0 Å². The van der Waals surface area contributed by atoms with E-state index in [2.05, 4.69) is 48.5 Å². The maximum Gasteiger partial charge on any atom is 0.230 e. The number of nitrogens with one attached hydrogen (secondary N) is 1. The van der Waals surface area contributed by atoms with Crippen LogP contribution >= 0.6 is 11.8 Å². The zero-order chi connectivity index (χ0) is 18.4. The van der Waals surface area contributed by atoms with Crippen molar-refractivity contribution in [2.45, 2.75) is 58.7 Å². The van der Waals surface area contributed by atoms with Gasteiger partial charge in [0.15, 0.2) is 0 Å². The number of aryl methyl sites for hydroxylation is 2. The third kappa shape index (κ3) is 5.85. The highest BCUT2D eigenvalue weighted by atomic mass is 32.2. The van der Waals surface area contributed by atoms with Crippen molar-refractivity contribution in [3.05, 3.63) is 29.3 Å². The van der Waals surface area contributed by atoms with Gasteiger partial charge >= 0.3 is 0 Å². The van der Waals surface area contributed by atoms with E-state index in [1.54, 1.807) is 4.68 Å². The molecule has 0 aliphatic heterocycles. The van der Waals surface area contributed by atoms with E-state index in [4.69, 9.17) is 0 Å². The SMILES string of the molecule is Cc1ccc(-n2nnnc2SCC(=O)N[C@H](C)CCC(C)C)cc1C. The molecule has 7 heteroatoms. The minimum absolute atomic E-state index is 0.0101. The highest BCUT2D eigenvalue weighted by Crippen LogP contribution is 2.20. The predicted molar refractivity (Wildman–Crippen MR) is 101 cm³/mol. The Morgan fingerprint density at radius 1 is 1.20 bits per heavy atom. The first-order valence-electron chi connectivity index (χ1n) is 8.65. The number of hydrogen-bond acceptors (Lipinski definition) is 5. The van der Waals surface area contributed by atoms with E-state index in [1.807, 2.05) is 25.1 Å². The maximum absolute atomic E-state index is 12.1. The number of tetrazole rings is 1. The molecule has 2 aromatic rings. The molecule has 1 aromatic carbocycles. The summed E-state index contributed by atoms with van der Waals surface area (Å²) in [5.74, 6) is 0.962. The van der Waals surface area contributed by atoms with Crippen LogP contribution in [0.3, 0.4) is 0 Å². The van der Waals surface area contributed by atoms with E-state index in [1.165, 1.54) is 22.9 Å². The first-order chi connectivity index (χ1) is 11.9. The smallest absolute Gasteiger partial charge is 0.230 e. The van der Waals surface area contributed by atoms with Gasteiger partial charge in [0.1, 0.15) is 0 Å². The van der Waals surface area contributed by atoms with Crippen LogP contribution in [0.1, 0.15) is 44.7 Å². The van der Waals surface area contributed by atoms with Gasteiger partial charge in [-0.05, 0) is 73.2 Å². The van der Waals surface area contributed by atoms with Gasteiger partial charge in [0, 0.05) is 6.04 Å². The lowest BCUT2D eigenvalue weighted by molar-refractivity contribution is -0.119. The highest BCUT2D eigenvalue weighted by Gasteiger charge is 2.13. The molecule has 0 unspecified atom stereocenters. The number of carbonyl (C=O) groups excluding carboxylic acids is 1.